The zero-order chi connectivity index (χ0) is 19.7. The van der Waals surface area contributed by atoms with Crippen LogP contribution in [0.15, 0.2) is 22.8 Å². The molecule has 0 fully saturated rings. The van der Waals surface area contributed by atoms with Crippen LogP contribution in [-0.4, -0.2) is 17.3 Å². The molecule has 0 amide bonds. The number of pyridine rings is 1. The molecule has 0 unspecified atom stereocenters. The molecule has 27 heavy (non-hydrogen) atoms. The third kappa shape index (κ3) is 3.15. The third-order valence-corrected chi connectivity index (χ3v) is 4.21. The van der Waals surface area contributed by atoms with Crippen LogP contribution < -0.4 is 14.9 Å². The van der Waals surface area contributed by atoms with Crippen LogP contribution in [0, 0.1) is 11.6 Å². The number of carbonyl (C=O) groups is 1. The van der Waals surface area contributed by atoms with E-state index in [2.05, 4.69) is 0 Å². The van der Waals surface area contributed by atoms with Crippen molar-refractivity contribution in [3.63, 3.8) is 0 Å². The first kappa shape index (κ1) is 18.9. The van der Waals surface area contributed by atoms with E-state index >= 15 is 0 Å². The topological polar surface area (TPSA) is 66.8 Å². The van der Waals surface area contributed by atoms with Gasteiger partial charge in [0.25, 0.3) is 0 Å². The number of halogens is 2. The van der Waals surface area contributed by atoms with Gasteiger partial charge in [-0.3, -0.25) is 4.79 Å². The summed E-state index contributed by atoms with van der Waals surface area (Å²) in [6.45, 7) is 5.44. The van der Waals surface area contributed by atoms with E-state index in [0.717, 1.165) is 12.5 Å². The highest BCUT2D eigenvalue weighted by Crippen LogP contribution is 2.39. The molecule has 3 rings (SSSR count). The van der Waals surface area contributed by atoms with Gasteiger partial charge in [0.05, 0.1) is 23.9 Å². The third-order valence-electron chi connectivity index (χ3n) is 4.21. The number of hydrogen-bond donors (Lipinski definition) is 0. The van der Waals surface area contributed by atoms with Crippen LogP contribution in [0.25, 0.3) is 16.6 Å². The molecule has 0 radical (unpaired) electrons. The fraction of sp³-hybridized carbons (Fsp3) is 0.368. The molecule has 0 saturated heterocycles. The first-order chi connectivity index (χ1) is 12.9. The van der Waals surface area contributed by atoms with Crippen LogP contribution in [0.2, 0.25) is 0 Å². The highest BCUT2D eigenvalue weighted by atomic mass is 19.2. The van der Waals surface area contributed by atoms with Crippen molar-refractivity contribution in [3.8, 4) is 11.5 Å². The molecule has 0 bridgehead atoms. The Balaban J connectivity index is 2.34. The number of nitrogens with zero attached hydrogens (tertiary/aromatic N) is 1. The van der Waals surface area contributed by atoms with Gasteiger partial charge in [-0.1, -0.05) is 20.3 Å². The number of hydrogen-bond acceptors (Lipinski definition) is 5. The molecule has 6 nitrogen and oxygen atoms in total. The van der Waals surface area contributed by atoms with Gasteiger partial charge >= 0.3 is 6.16 Å². The number of benzene rings is 1. The maximum atomic E-state index is 14.4. The van der Waals surface area contributed by atoms with Gasteiger partial charge < -0.3 is 18.8 Å². The highest BCUT2D eigenvalue weighted by molar-refractivity contribution is 5.91. The zero-order valence-corrected chi connectivity index (χ0v) is 15.2. The average Bonchev–Trinajstić information content (AvgIpc) is 2.64. The second-order valence-corrected chi connectivity index (χ2v) is 5.95. The molecule has 0 aliphatic carbocycles. The van der Waals surface area contributed by atoms with E-state index in [-0.39, 0.29) is 29.0 Å². The Morgan fingerprint density at radius 3 is 2.63 bits per heavy atom. The van der Waals surface area contributed by atoms with Gasteiger partial charge in [-0.2, -0.15) is 4.39 Å². The van der Waals surface area contributed by atoms with Gasteiger partial charge in [-0.05, 0) is 19.4 Å². The fourth-order valence-electron chi connectivity index (χ4n) is 3.08. The lowest BCUT2D eigenvalue weighted by Gasteiger charge is -2.26. The second kappa shape index (κ2) is 7.38. The van der Waals surface area contributed by atoms with Gasteiger partial charge in [0.1, 0.15) is 11.3 Å². The highest BCUT2D eigenvalue weighted by Gasteiger charge is 2.29. The van der Waals surface area contributed by atoms with Crippen LogP contribution >= 0.6 is 0 Å². The molecule has 0 spiro atoms. The van der Waals surface area contributed by atoms with E-state index in [1.54, 1.807) is 6.92 Å². The lowest BCUT2D eigenvalue weighted by atomic mass is 10.1. The van der Waals surface area contributed by atoms with Gasteiger partial charge in [0, 0.05) is 6.42 Å². The first-order valence-corrected chi connectivity index (χ1v) is 8.75. The smallest absolute Gasteiger partial charge is 0.454 e. The summed E-state index contributed by atoms with van der Waals surface area (Å²) in [5.74, 6) is -2.61. The van der Waals surface area contributed by atoms with Crippen molar-refractivity contribution in [1.29, 1.82) is 0 Å². The van der Waals surface area contributed by atoms with E-state index < -0.39 is 23.2 Å². The maximum Gasteiger partial charge on any atom is 0.514 e. The average molecular weight is 379 g/mol. The predicted molar refractivity (Wildman–Crippen MR) is 94.8 cm³/mol. The molecule has 0 atom stereocenters. The Hall–Kier alpha value is -2.90. The zero-order valence-electron chi connectivity index (χ0n) is 15.2. The minimum Gasteiger partial charge on any atom is -0.454 e. The molecule has 1 aromatic heterocycles. The van der Waals surface area contributed by atoms with Gasteiger partial charge in [-0.15, -0.1) is 0 Å². The van der Waals surface area contributed by atoms with E-state index in [1.165, 1.54) is 10.8 Å². The normalized spacial score (nSPS) is 12.9. The Morgan fingerprint density at radius 1 is 1.26 bits per heavy atom. The SMILES string of the molecule is CCCC1=C(CC)Oc2c(F)c(F)cc3c(=O)c(OC(=O)OCC)cn1c23. The van der Waals surface area contributed by atoms with Crippen LogP contribution in [-0.2, 0) is 4.74 Å². The summed E-state index contributed by atoms with van der Waals surface area (Å²) in [4.78, 5) is 24.4. The van der Waals surface area contributed by atoms with Crippen LogP contribution in [0.5, 0.6) is 11.5 Å². The van der Waals surface area contributed by atoms with E-state index in [0.29, 0.717) is 24.3 Å². The molecule has 2 aromatic rings. The molecule has 8 heteroatoms. The van der Waals surface area contributed by atoms with Crippen LogP contribution in [0.4, 0.5) is 13.6 Å². The molecule has 0 N–H and O–H groups in total. The number of allylic oxidation sites excluding steroid dienone is 2. The summed E-state index contributed by atoms with van der Waals surface area (Å²) in [6, 6.07) is 0.787. The van der Waals surface area contributed by atoms with Crippen molar-refractivity contribution >= 4 is 22.8 Å². The van der Waals surface area contributed by atoms with Gasteiger partial charge in [0.15, 0.2) is 17.3 Å². The molecule has 1 aliphatic heterocycles. The van der Waals surface area contributed by atoms with Crippen molar-refractivity contribution in [2.75, 3.05) is 6.61 Å². The Morgan fingerprint density at radius 2 is 2.00 bits per heavy atom. The van der Waals surface area contributed by atoms with E-state index in [1.807, 2.05) is 13.8 Å². The van der Waals surface area contributed by atoms with Gasteiger partial charge in [-0.25, -0.2) is 9.18 Å². The fourth-order valence-corrected chi connectivity index (χ4v) is 3.08. The Labute approximate surface area is 153 Å². The predicted octanol–water partition coefficient (Wildman–Crippen LogP) is 4.59. The summed E-state index contributed by atoms with van der Waals surface area (Å²) in [5, 5.41) is -0.144. The summed E-state index contributed by atoms with van der Waals surface area (Å²) in [5.41, 5.74) is 0.0434. The Bertz CT molecular complexity index is 1010. The lowest BCUT2D eigenvalue weighted by molar-refractivity contribution is 0.104. The largest absolute Gasteiger partial charge is 0.514 e. The van der Waals surface area contributed by atoms with Crippen molar-refractivity contribution in [2.24, 2.45) is 0 Å². The molecular formula is C19H19F2NO5. The summed E-state index contributed by atoms with van der Waals surface area (Å²) >= 11 is 0. The van der Waals surface area contributed by atoms with Crippen molar-refractivity contribution < 1.29 is 27.8 Å². The monoisotopic (exact) mass is 379 g/mol. The van der Waals surface area contributed by atoms with Crippen molar-refractivity contribution in [1.82, 2.24) is 4.57 Å². The summed E-state index contributed by atoms with van der Waals surface area (Å²) in [7, 11) is 0. The molecule has 2 heterocycles. The lowest BCUT2D eigenvalue weighted by Crippen LogP contribution is -2.22. The van der Waals surface area contributed by atoms with Crippen molar-refractivity contribution in [3.05, 3.63) is 39.9 Å². The molecule has 1 aliphatic rings. The number of aromatic nitrogens is 1. The second-order valence-electron chi connectivity index (χ2n) is 5.95. The van der Waals surface area contributed by atoms with Gasteiger partial charge in [0.2, 0.25) is 11.2 Å². The standard InChI is InChI=1S/C19H19F2NO5/c1-4-7-12-13(5-2)26-18-15(21)11(20)8-10-16(18)22(12)9-14(17(10)23)27-19(24)25-6-3/h8-9H,4-7H2,1-3H3. The minimum absolute atomic E-state index is 0.0689. The van der Waals surface area contributed by atoms with Crippen molar-refractivity contribution in [2.45, 2.75) is 40.0 Å². The molecule has 1 aromatic carbocycles. The molecule has 144 valence electrons. The molecular weight excluding hydrogens is 360 g/mol. The summed E-state index contributed by atoms with van der Waals surface area (Å²) < 4.78 is 45.3. The summed E-state index contributed by atoms with van der Waals surface area (Å²) in [6.07, 6.45) is 2.01. The number of rotatable bonds is 5. The number of ether oxygens (including phenoxy) is 3. The van der Waals surface area contributed by atoms with Crippen LogP contribution in [0.1, 0.15) is 40.0 Å². The number of carbonyl (C=O) groups excluding carboxylic acids is 1. The maximum absolute atomic E-state index is 14.4. The molecule has 0 saturated carbocycles. The first-order valence-electron chi connectivity index (χ1n) is 8.75. The minimum atomic E-state index is -1.22. The Kier molecular flexibility index (Phi) is 5.16. The van der Waals surface area contributed by atoms with E-state index in [4.69, 9.17) is 14.2 Å². The van der Waals surface area contributed by atoms with E-state index in [9.17, 15) is 18.4 Å². The van der Waals surface area contributed by atoms with Crippen LogP contribution in [0.3, 0.4) is 0 Å². The quantitative estimate of drug-likeness (QED) is 0.711.